The number of rotatable bonds is 3. The lowest BCUT2D eigenvalue weighted by Crippen LogP contribution is -2.55. The van der Waals surface area contributed by atoms with Gasteiger partial charge in [0.15, 0.2) is 6.10 Å². The number of carbonyl (C=O) groups is 2. The zero-order chi connectivity index (χ0) is 18.1. The fraction of sp³-hybridized carbons (Fsp3) is 0.600. The minimum absolute atomic E-state index is 0.0533. The number of carbonyl (C=O) groups excluding carboxylic acids is 2. The minimum Gasteiger partial charge on any atom is -0.465 e. The van der Waals surface area contributed by atoms with Crippen molar-refractivity contribution in [1.29, 1.82) is 0 Å². The summed E-state index contributed by atoms with van der Waals surface area (Å²) in [5, 5.41) is 0. The molecule has 3 aliphatic rings. The van der Waals surface area contributed by atoms with Gasteiger partial charge in [-0.25, -0.2) is 0 Å². The van der Waals surface area contributed by atoms with Crippen LogP contribution in [-0.2, 0) is 30.4 Å². The number of hydroxylamine groups is 3. The number of esters is 2. The molecule has 4 rings (SSSR count). The molecule has 1 aromatic rings. The number of piperidine rings is 1. The van der Waals surface area contributed by atoms with Crippen LogP contribution in [0.1, 0.15) is 38.2 Å². The SMILES string of the molecule is CC(=O)O[C@H]1CCOC(=O)[C@H]2[C@@H]1O[N+]1(Cc3ccccc3)CCCC[C@H]21. The van der Waals surface area contributed by atoms with Crippen molar-refractivity contribution in [2.24, 2.45) is 5.92 Å². The van der Waals surface area contributed by atoms with Gasteiger partial charge in [0.1, 0.15) is 31.2 Å². The molecule has 0 radical (unpaired) electrons. The van der Waals surface area contributed by atoms with Gasteiger partial charge in [-0.1, -0.05) is 30.3 Å². The average Bonchev–Trinajstić information content (AvgIpc) is 2.88. The van der Waals surface area contributed by atoms with E-state index in [-0.39, 0.29) is 30.5 Å². The summed E-state index contributed by atoms with van der Waals surface area (Å²) in [6.07, 6.45) is 2.70. The number of ether oxygens (including phenoxy) is 2. The van der Waals surface area contributed by atoms with Crippen molar-refractivity contribution in [3.8, 4) is 0 Å². The van der Waals surface area contributed by atoms with Crippen LogP contribution in [0, 0.1) is 5.92 Å². The Hall–Kier alpha value is -1.92. The molecule has 6 nitrogen and oxygen atoms in total. The topological polar surface area (TPSA) is 61.8 Å². The van der Waals surface area contributed by atoms with E-state index in [0.717, 1.165) is 32.4 Å². The quantitative estimate of drug-likeness (QED) is 0.612. The van der Waals surface area contributed by atoms with Gasteiger partial charge in [0, 0.05) is 25.3 Å². The van der Waals surface area contributed by atoms with Crippen LogP contribution in [0.5, 0.6) is 0 Å². The molecule has 3 heterocycles. The van der Waals surface area contributed by atoms with Crippen molar-refractivity contribution in [2.45, 2.75) is 57.4 Å². The smallest absolute Gasteiger partial charge is 0.318 e. The highest BCUT2D eigenvalue weighted by Crippen LogP contribution is 2.45. The van der Waals surface area contributed by atoms with E-state index in [9.17, 15) is 9.59 Å². The zero-order valence-corrected chi connectivity index (χ0v) is 15.1. The third-order valence-electron chi connectivity index (χ3n) is 5.89. The van der Waals surface area contributed by atoms with E-state index >= 15 is 0 Å². The Morgan fingerprint density at radius 1 is 1.23 bits per heavy atom. The summed E-state index contributed by atoms with van der Waals surface area (Å²) in [7, 11) is 0. The van der Waals surface area contributed by atoms with E-state index in [0.29, 0.717) is 11.1 Å². The van der Waals surface area contributed by atoms with Crippen LogP contribution >= 0.6 is 0 Å². The molecule has 0 amide bonds. The van der Waals surface area contributed by atoms with Crippen molar-refractivity contribution in [2.75, 3.05) is 13.2 Å². The molecule has 26 heavy (non-hydrogen) atoms. The molecule has 1 unspecified atom stereocenters. The van der Waals surface area contributed by atoms with E-state index in [4.69, 9.17) is 14.3 Å². The molecule has 3 saturated heterocycles. The van der Waals surface area contributed by atoms with Gasteiger partial charge in [-0.15, -0.1) is 0 Å². The fourth-order valence-corrected chi connectivity index (χ4v) is 4.86. The van der Waals surface area contributed by atoms with Crippen molar-refractivity contribution in [1.82, 2.24) is 0 Å². The number of quaternary nitrogens is 1. The zero-order valence-electron chi connectivity index (χ0n) is 15.1. The standard InChI is InChI=1S/C20H26NO5/c1-14(22)25-17-10-12-24-20(23)18-16-9-5-6-11-21(16,26-19(17)18)13-15-7-3-2-4-8-15/h2-4,7-8,16-19H,5-6,9-13H2,1H3/q+1/t16-,17+,18-,19-,21?/m1/s1. The number of nitrogens with zero attached hydrogens (tertiary/aromatic N) is 1. The molecular weight excluding hydrogens is 334 g/mol. The predicted molar refractivity (Wildman–Crippen MR) is 92.4 cm³/mol. The highest BCUT2D eigenvalue weighted by Gasteiger charge is 2.63. The Labute approximate surface area is 153 Å². The molecule has 0 aromatic heterocycles. The molecule has 0 N–H and O–H groups in total. The fourth-order valence-electron chi connectivity index (χ4n) is 4.86. The van der Waals surface area contributed by atoms with Gasteiger partial charge < -0.3 is 9.47 Å². The van der Waals surface area contributed by atoms with Crippen LogP contribution in [0.2, 0.25) is 0 Å². The summed E-state index contributed by atoms with van der Waals surface area (Å²) < 4.78 is 11.4. The summed E-state index contributed by atoms with van der Waals surface area (Å²) in [4.78, 5) is 30.9. The molecule has 0 saturated carbocycles. The molecule has 0 bridgehead atoms. The normalized spacial score (nSPS) is 36.4. The van der Waals surface area contributed by atoms with Crippen molar-refractivity contribution < 1.29 is 28.5 Å². The maximum Gasteiger partial charge on any atom is 0.318 e. The molecule has 5 atom stereocenters. The number of hydrogen-bond acceptors (Lipinski definition) is 5. The summed E-state index contributed by atoms with van der Waals surface area (Å²) in [6, 6.07) is 10.3. The first-order valence-corrected chi connectivity index (χ1v) is 9.52. The molecule has 1 aromatic carbocycles. The lowest BCUT2D eigenvalue weighted by atomic mass is 9.85. The number of cyclic esters (lactones) is 1. The van der Waals surface area contributed by atoms with Crippen molar-refractivity contribution in [3.05, 3.63) is 35.9 Å². The van der Waals surface area contributed by atoms with E-state index in [1.54, 1.807) is 0 Å². The molecule has 3 fully saturated rings. The third kappa shape index (κ3) is 3.12. The average molecular weight is 360 g/mol. The van der Waals surface area contributed by atoms with E-state index < -0.39 is 12.2 Å². The Balaban J connectivity index is 1.68. The largest absolute Gasteiger partial charge is 0.465 e. The molecule has 0 spiro atoms. The van der Waals surface area contributed by atoms with E-state index in [1.807, 2.05) is 18.2 Å². The van der Waals surface area contributed by atoms with Gasteiger partial charge in [-0.05, 0) is 12.8 Å². The minimum atomic E-state index is -0.430. The van der Waals surface area contributed by atoms with Crippen LogP contribution < -0.4 is 0 Å². The van der Waals surface area contributed by atoms with E-state index in [2.05, 4.69) is 12.1 Å². The third-order valence-corrected chi connectivity index (χ3v) is 5.89. The van der Waals surface area contributed by atoms with Gasteiger partial charge in [0.05, 0.1) is 6.61 Å². The Morgan fingerprint density at radius 2 is 2.04 bits per heavy atom. The first kappa shape index (κ1) is 17.5. The Bertz CT molecular complexity index is 678. The summed E-state index contributed by atoms with van der Waals surface area (Å²) in [5.74, 6) is -0.915. The lowest BCUT2D eigenvalue weighted by molar-refractivity contribution is -1.12. The second-order valence-corrected chi connectivity index (χ2v) is 7.58. The first-order chi connectivity index (χ1) is 12.6. The lowest BCUT2D eigenvalue weighted by Gasteiger charge is -2.40. The number of hydrogen-bond donors (Lipinski definition) is 0. The highest BCUT2D eigenvalue weighted by atomic mass is 16.7. The van der Waals surface area contributed by atoms with Crippen LogP contribution in [0.25, 0.3) is 0 Å². The monoisotopic (exact) mass is 360 g/mol. The molecule has 6 heteroatoms. The van der Waals surface area contributed by atoms with E-state index in [1.165, 1.54) is 12.5 Å². The molecular formula is C20H26NO5+. The van der Waals surface area contributed by atoms with Crippen LogP contribution in [0.15, 0.2) is 30.3 Å². The molecule has 140 valence electrons. The second kappa shape index (κ2) is 7.00. The predicted octanol–water partition coefficient (Wildman–Crippen LogP) is 2.36. The molecule has 0 aliphatic carbocycles. The second-order valence-electron chi connectivity index (χ2n) is 7.58. The van der Waals surface area contributed by atoms with Gasteiger partial charge in [-0.2, -0.15) is 9.48 Å². The Morgan fingerprint density at radius 3 is 2.81 bits per heavy atom. The maximum atomic E-state index is 12.7. The summed E-state index contributed by atoms with van der Waals surface area (Å²) in [5.41, 5.74) is 1.19. The van der Waals surface area contributed by atoms with Crippen molar-refractivity contribution in [3.63, 3.8) is 0 Å². The first-order valence-electron chi connectivity index (χ1n) is 9.52. The maximum absolute atomic E-state index is 12.7. The summed E-state index contributed by atoms with van der Waals surface area (Å²) in [6.45, 7) is 3.27. The van der Waals surface area contributed by atoms with Gasteiger partial charge in [0.25, 0.3) is 0 Å². The number of benzene rings is 1. The van der Waals surface area contributed by atoms with Crippen LogP contribution in [-0.4, -0.2) is 48.0 Å². The highest BCUT2D eigenvalue weighted by molar-refractivity contribution is 5.75. The molecule has 3 aliphatic heterocycles. The number of fused-ring (bicyclic) bond motifs is 3. The van der Waals surface area contributed by atoms with Crippen LogP contribution in [0.3, 0.4) is 0 Å². The Kier molecular flexibility index (Phi) is 4.71. The van der Waals surface area contributed by atoms with Gasteiger partial charge >= 0.3 is 11.9 Å². The van der Waals surface area contributed by atoms with Gasteiger partial charge in [-0.3, -0.25) is 9.59 Å². The van der Waals surface area contributed by atoms with Crippen molar-refractivity contribution >= 4 is 11.9 Å². The van der Waals surface area contributed by atoms with Gasteiger partial charge in [0.2, 0.25) is 0 Å². The summed E-state index contributed by atoms with van der Waals surface area (Å²) >= 11 is 0. The van der Waals surface area contributed by atoms with Crippen LogP contribution in [0.4, 0.5) is 0 Å².